The molecule has 15 heavy (non-hydrogen) atoms. The van der Waals surface area contributed by atoms with E-state index in [-0.39, 0.29) is 5.82 Å². The topological polar surface area (TPSA) is 15.3 Å². The zero-order chi connectivity index (χ0) is 10.7. The first-order valence-corrected chi connectivity index (χ1v) is 6.74. The number of hydrogen-bond donors (Lipinski definition) is 1. The van der Waals surface area contributed by atoms with Crippen molar-refractivity contribution >= 4 is 20.4 Å². The maximum atomic E-state index is 13.8. The van der Waals surface area contributed by atoms with E-state index in [0.717, 1.165) is 37.1 Å². The first-order chi connectivity index (χ1) is 7.31. The van der Waals surface area contributed by atoms with Crippen molar-refractivity contribution in [3.8, 4) is 0 Å². The van der Waals surface area contributed by atoms with E-state index in [2.05, 4.69) is 16.8 Å². The minimum atomic E-state index is -0.0799. The molecule has 2 rings (SSSR count). The average Bonchev–Trinajstić information content (AvgIpc) is 2.30. The van der Waals surface area contributed by atoms with Crippen LogP contribution < -0.4 is 15.4 Å². The number of rotatable bonds is 2. The highest BCUT2D eigenvalue weighted by Crippen LogP contribution is 2.17. The summed E-state index contributed by atoms with van der Waals surface area (Å²) in [6.45, 7) is 5.74. The van der Waals surface area contributed by atoms with E-state index in [4.69, 9.17) is 0 Å². The Morgan fingerprint density at radius 2 is 2.07 bits per heavy atom. The molecule has 0 aliphatic carbocycles. The minimum absolute atomic E-state index is 0.0799. The SMILES string of the molecule is C[Si]c1ccc(N2CCNCC2)c(F)c1. The molecule has 0 aromatic heterocycles. The van der Waals surface area contributed by atoms with Crippen LogP contribution in [0, 0.1) is 5.82 Å². The fourth-order valence-corrected chi connectivity index (χ4v) is 2.35. The number of piperazine rings is 1. The molecule has 2 radical (unpaired) electrons. The van der Waals surface area contributed by atoms with Crippen molar-refractivity contribution < 1.29 is 4.39 Å². The van der Waals surface area contributed by atoms with Crippen molar-refractivity contribution in [2.45, 2.75) is 6.55 Å². The molecule has 1 saturated heterocycles. The number of nitrogens with zero attached hydrogens (tertiary/aromatic N) is 1. The Kier molecular flexibility index (Phi) is 3.38. The van der Waals surface area contributed by atoms with Crippen molar-refractivity contribution in [3.05, 3.63) is 24.0 Å². The molecule has 4 heteroatoms. The number of nitrogens with one attached hydrogen (secondary N) is 1. The van der Waals surface area contributed by atoms with Gasteiger partial charge in [0.1, 0.15) is 5.82 Å². The summed E-state index contributed by atoms with van der Waals surface area (Å²) in [5, 5.41) is 4.35. The highest BCUT2D eigenvalue weighted by Gasteiger charge is 2.14. The van der Waals surface area contributed by atoms with Crippen LogP contribution in [-0.4, -0.2) is 35.7 Å². The normalized spacial score (nSPS) is 16.8. The van der Waals surface area contributed by atoms with Crippen molar-refractivity contribution in [3.63, 3.8) is 0 Å². The molecule has 1 heterocycles. The number of anilines is 1. The summed E-state index contributed by atoms with van der Waals surface area (Å²) in [6, 6.07) is 5.60. The van der Waals surface area contributed by atoms with Crippen LogP contribution >= 0.6 is 0 Å². The second-order valence-corrected chi connectivity index (χ2v) is 4.73. The van der Waals surface area contributed by atoms with E-state index in [1.165, 1.54) is 0 Å². The van der Waals surface area contributed by atoms with Crippen LogP contribution in [0.1, 0.15) is 0 Å². The summed E-state index contributed by atoms with van der Waals surface area (Å²) >= 11 is 0. The van der Waals surface area contributed by atoms with Crippen LogP contribution in [-0.2, 0) is 0 Å². The van der Waals surface area contributed by atoms with Gasteiger partial charge in [-0.25, -0.2) is 4.39 Å². The molecule has 0 amide bonds. The molecule has 1 aliphatic rings. The van der Waals surface area contributed by atoms with Crippen molar-refractivity contribution in [2.75, 3.05) is 31.1 Å². The van der Waals surface area contributed by atoms with Gasteiger partial charge in [0, 0.05) is 26.2 Å². The van der Waals surface area contributed by atoms with Gasteiger partial charge in [-0.05, 0) is 12.1 Å². The molecule has 2 nitrogen and oxygen atoms in total. The molecule has 1 aromatic carbocycles. The lowest BCUT2D eigenvalue weighted by Gasteiger charge is -2.29. The van der Waals surface area contributed by atoms with Gasteiger partial charge in [-0.3, -0.25) is 0 Å². The third-order valence-corrected chi connectivity index (χ3v) is 3.58. The Hall–Kier alpha value is -0.873. The molecule has 0 atom stereocenters. The highest BCUT2D eigenvalue weighted by atomic mass is 28.2. The largest absolute Gasteiger partial charge is 0.367 e. The molecule has 1 N–H and O–H groups in total. The first-order valence-electron chi connectivity index (χ1n) is 5.24. The Bertz CT molecular complexity index is 337. The van der Waals surface area contributed by atoms with Crippen LogP contribution in [0.2, 0.25) is 6.55 Å². The second kappa shape index (κ2) is 4.77. The molecule has 1 aliphatic heterocycles. The Labute approximate surface area is 92.3 Å². The lowest BCUT2D eigenvalue weighted by atomic mass is 10.2. The molecular weight excluding hydrogens is 207 g/mol. The van der Waals surface area contributed by atoms with Crippen LogP contribution in [0.5, 0.6) is 0 Å². The number of hydrogen-bond acceptors (Lipinski definition) is 2. The van der Waals surface area contributed by atoms with Gasteiger partial charge in [0.15, 0.2) is 0 Å². The molecule has 1 fully saturated rings. The summed E-state index contributed by atoms with van der Waals surface area (Å²) in [5.41, 5.74) is 0.749. The first kappa shape index (κ1) is 10.6. The van der Waals surface area contributed by atoms with Crippen molar-refractivity contribution in [1.29, 1.82) is 0 Å². The van der Waals surface area contributed by atoms with Gasteiger partial charge < -0.3 is 10.2 Å². The van der Waals surface area contributed by atoms with Crippen LogP contribution in [0.25, 0.3) is 0 Å². The zero-order valence-corrected chi connectivity index (χ0v) is 9.89. The van der Waals surface area contributed by atoms with Gasteiger partial charge in [0.05, 0.1) is 15.2 Å². The standard InChI is InChI=1S/C11H15FN2Si/c1-15-9-2-3-11(10(12)8-9)14-6-4-13-5-7-14/h2-3,8,13H,4-7H2,1H3. The Morgan fingerprint density at radius 3 is 2.67 bits per heavy atom. The maximum absolute atomic E-state index is 13.8. The van der Waals surface area contributed by atoms with E-state index < -0.39 is 0 Å². The predicted molar refractivity (Wildman–Crippen MR) is 62.7 cm³/mol. The third kappa shape index (κ3) is 2.38. The highest BCUT2D eigenvalue weighted by molar-refractivity contribution is 6.51. The second-order valence-electron chi connectivity index (χ2n) is 3.65. The van der Waals surface area contributed by atoms with Crippen LogP contribution in [0.4, 0.5) is 10.1 Å². The summed E-state index contributed by atoms with van der Waals surface area (Å²) in [4.78, 5) is 2.11. The maximum Gasteiger partial charge on any atom is 0.146 e. The smallest absolute Gasteiger partial charge is 0.146 e. The van der Waals surface area contributed by atoms with Gasteiger partial charge in [-0.2, -0.15) is 0 Å². The molecule has 0 bridgehead atoms. The minimum Gasteiger partial charge on any atom is -0.367 e. The summed E-state index contributed by atoms with van der Waals surface area (Å²) in [5.74, 6) is -0.0799. The van der Waals surface area contributed by atoms with Crippen LogP contribution in [0.15, 0.2) is 18.2 Å². The lowest BCUT2D eigenvalue weighted by Crippen LogP contribution is -2.44. The monoisotopic (exact) mass is 222 g/mol. The van der Waals surface area contributed by atoms with Crippen LogP contribution in [0.3, 0.4) is 0 Å². The average molecular weight is 222 g/mol. The van der Waals surface area contributed by atoms with E-state index in [9.17, 15) is 4.39 Å². The molecule has 0 spiro atoms. The molecular formula is C11H15FN2Si. The van der Waals surface area contributed by atoms with E-state index in [1.54, 1.807) is 6.07 Å². The molecule has 1 aromatic rings. The summed E-state index contributed by atoms with van der Waals surface area (Å²) in [6.07, 6.45) is 0. The summed E-state index contributed by atoms with van der Waals surface area (Å²) < 4.78 is 13.8. The van der Waals surface area contributed by atoms with E-state index in [1.807, 2.05) is 12.1 Å². The van der Waals surface area contributed by atoms with Gasteiger partial charge in [-0.15, -0.1) is 0 Å². The van der Waals surface area contributed by atoms with E-state index >= 15 is 0 Å². The van der Waals surface area contributed by atoms with Gasteiger partial charge in [0.2, 0.25) is 0 Å². The summed E-state index contributed by atoms with van der Waals surface area (Å²) in [7, 11) is 0.661. The number of halogens is 1. The molecule has 0 saturated carbocycles. The van der Waals surface area contributed by atoms with Crippen molar-refractivity contribution in [1.82, 2.24) is 5.32 Å². The van der Waals surface area contributed by atoms with E-state index in [0.29, 0.717) is 9.52 Å². The quantitative estimate of drug-likeness (QED) is 0.738. The Morgan fingerprint density at radius 1 is 1.33 bits per heavy atom. The predicted octanol–water partition coefficient (Wildman–Crippen LogP) is 0.613. The Balaban J connectivity index is 2.19. The zero-order valence-electron chi connectivity index (χ0n) is 8.89. The fraction of sp³-hybridized carbons (Fsp3) is 0.455. The molecule has 80 valence electrons. The number of benzene rings is 1. The third-order valence-electron chi connectivity index (χ3n) is 2.69. The van der Waals surface area contributed by atoms with Gasteiger partial charge in [0.25, 0.3) is 0 Å². The van der Waals surface area contributed by atoms with Crippen molar-refractivity contribution in [2.24, 2.45) is 0 Å². The lowest BCUT2D eigenvalue weighted by molar-refractivity contribution is 0.567. The van der Waals surface area contributed by atoms with Gasteiger partial charge >= 0.3 is 0 Å². The van der Waals surface area contributed by atoms with Gasteiger partial charge in [-0.1, -0.05) is 17.8 Å². The molecule has 0 unspecified atom stereocenters. The fourth-order valence-electron chi connectivity index (χ4n) is 1.82.